The Morgan fingerprint density at radius 2 is 0.953 bits per heavy atom. The maximum atomic E-state index is 13.2. The number of carbonyl (C=O) groups is 4. The Labute approximate surface area is 371 Å². The van der Waals surface area contributed by atoms with E-state index in [1.54, 1.807) is 64.6 Å². The molecule has 12 heteroatoms. The molecule has 8 rings (SSSR count). The van der Waals surface area contributed by atoms with Crippen molar-refractivity contribution in [2.45, 2.75) is 59.3 Å². The fourth-order valence-electron chi connectivity index (χ4n) is 7.10. The lowest BCUT2D eigenvalue weighted by Crippen LogP contribution is -2.13. The van der Waals surface area contributed by atoms with Gasteiger partial charge in [-0.1, -0.05) is 126 Å². The van der Waals surface area contributed by atoms with E-state index in [2.05, 4.69) is 98.5 Å². The summed E-state index contributed by atoms with van der Waals surface area (Å²) in [6.45, 7) is 15.1. The van der Waals surface area contributed by atoms with Crippen LogP contribution in [0.25, 0.3) is 33.5 Å². The number of nitrogens with one attached hydrogen (secondary N) is 2. The molecule has 0 bridgehead atoms. The van der Waals surface area contributed by atoms with Crippen LogP contribution in [0.2, 0.25) is 0 Å². The van der Waals surface area contributed by atoms with Gasteiger partial charge in [0.15, 0.2) is 11.4 Å². The molecular weight excluding hydrogens is 805 g/mol. The van der Waals surface area contributed by atoms with Crippen molar-refractivity contribution in [3.63, 3.8) is 0 Å². The number of ether oxygens (including phenoxy) is 1. The number of aromatic carboxylic acids is 1. The highest BCUT2D eigenvalue weighted by Crippen LogP contribution is 2.30. The van der Waals surface area contributed by atoms with Crippen molar-refractivity contribution in [1.29, 1.82) is 0 Å². The molecule has 4 aromatic heterocycles. The molecule has 0 fully saturated rings. The SMILES string of the molecule is CC(C)(C)c1ccc(-c2ccccc2C(=O)Nc2ccc3nc(C(=O)O)cn3c2)cc1.CCOC(=O)c1cn2cc(NC(=O)c3ccccc3-c3ccc(C(C)(C)C)cc3)ccc2n1. The van der Waals surface area contributed by atoms with E-state index in [1.807, 2.05) is 54.6 Å². The van der Waals surface area contributed by atoms with E-state index in [0.717, 1.165) is 22.3 Å². The number of carbonyl (C=O) groups excluding carboxylic acids is 3. The number of imidazole rings is 2. The Balaban J connectivity index is 0.000000192. The van der Waals surface area contributed by atoms with Crippen molar-refractivity contribution < 1.29 is 29.0 Å². The Morgan fingerprint density at radius 3 is 1.36 bits per heavy atom. The van der Waals surface area contributed by atoms with Crippen molar-refractivity contribution in [3.8, 4) is 22.3 Å². The number of fused-ring (bicyclic) bond motifs is 2. The molecule has 0 spiro atoms. The summed E-state index contributed by atoms with van der Waals surface area (Å²) >= 11 is 0. The lowest BCUT2D eigenvalue weighted by Gasteiger charge is -2.19. The van der Waals surface area contributed by atoms with E-state index in [1.165, 1.54) is 17.3 Å². The molecule has 0 atom stereocenters. The summed E-state index contributed by atoms with van der Waals surface area (Å²) < 4.78 is 8.28. The van der Waals surface area contributed by atoms with Gasteiger partial charge in [0.2, 0.25) is 0 Å². The van der Waals surface area contributed by atoms with Crippen LogP contribution in [0.3, 0.4) is 0 Å². The molecule has 64 heavy (non-hydrogen) atoms. The number of anilines is 2. The van der Waals surface area contributed by atoms with Gasteiger partial charge in [-0.3, -0.25) is 9.59 Å². The monoisotopic (exact) mass is 854 g/mol. The van der Waals surface area contributed by atoms with Gasteiger partial charge in [0.25, 0.3) is 11.8 Å². The number of esters is 1. The fourth-order valence-corrected chi connectivity index (χ4v) is 7.10. The van der Waals surface area contributed by atoms with Crippen molar-refractivity contribution in [2.24, 2.45) is 0 Å². The molecule has 0 unspecified atom stereocenters. The van der Waals surface area contributed by atoms with Crippen LogP contribution < -0.4 is 10.6 Å². The topological polar surface area (TPSA) is 156 Å². The first-order chi connectivity index (χ1) is 30.5. The van der Waals surface area contributed by atoms with Crippen molar-refractivity contribution >= 4 is 46.4 Å². The highest BCUT2D eigenvalue weighted by molar-refractivity contribution is 6.09. The van der Waals surface area contributed by atoms with Crippen LogP contribution in [0.5, 0.6) is 0 Å². The minimum Gasteiger partial charge on any atom is -0.476 e. The quantitative estimate of drug-likeness (QED) is 0.121. The van der Waals surface area contributed by atoms with E-state index in [0.29, 0.717) is 33.8 Å². The summed E-state index contributed by atoms with van der Waals surface area (Å²) in [5.74, 6) is -2.03. The van der Waals surface area contributed by atoms with E-state index in [9.17, 15) is 19.2 Å². The van der Waals surface area contributed by atoms with Crippen LogP contribution >= 0.6 is 0 Å². The van der Waals surface area contributed by atoms with Gasteiger partial charge >= 0.3 is 11.9 Å². The summed E-state index contributed by atoms with van der Waals surface area (Å²) in [7, 11) is 0. The highest BCUT2D eigenvalue weighted by Gasteiger charge is 2.19. The number of pyridine rings is 2. The Kier molecular flexibility index (Phi) is 12.6. The van der Waals surface area contributed by atoms with Crippen LogP contribution in [0.15, 0.2) is 146 Å². The second kappa shape index (κ2) is 18.2. The minimum atomic E-state index is -1.10. The van der Waals surface area contributed by atoms with Gasteiger partial charge in [-0.25, -0.2) is 19.6 Å². The normalized spacial score (nSPS) is 11.4. The van der Waals surface area contributed by atoms with E-state index in [4.69, 9.17) is 9.84 Å². The molecule has 324 valence electrons. The molecule has 3 N–H and O–H groups in total. The molecule has 4 aromatic carbocycles. The number of amides is 2. The van der Waals surface area contributed by atoms with Crippen molar-refractivity contribution in [2.75, 3.05) is 17.2 Å². The molecule has 4 heterocycles. The standard InChI is InChI=1S/C27H27N3O3.C25H23N3O3/c1-5-33-26(32)23-17-30-16-20(14-15-24(30)29-23)28-25(31)22-9-7-6-8-21(22)18-10-12-19(13-11-18)27(2,3)4;1-25(2,3)17-10-8-16(9-11-17)19-6-4-5-7-20(19)23(29)26-18-12-13-22-27-21(24(30)31)15-28(22)14-18/h6-17H,5H2,1-4H3,(H,28,31);4-15H,1-3H3,(H,26,29)(H,30,31). The molecule has 12 nitrogen and oxygen atoms in total. The number of hydrogen-bond acceptors (Lipinski definition) is 7. The fraction of sp³-hybridized carbons (Fsp3) is 0.192. The highest BCUT2D eigenvalue weighted by atomic mass is 16.5. The van der Waals surface area contributed by atoms with Crippen LogP contribution in [0.1, 0.15) is 101 Å². The second-order valence-corrected chi connectivity index (χ2v) is 17.3. The van der Waals surface area contributed by atoms with Crippen molar-refractivity contribution in [3.05, 3.63) is 180 Å². The average Bonchev–Trinajstić information content (AvgIpc) is 3.91. The third kappa shape index (κ3) is 10.1. The van der Waals surface area contributed by atoms with Gasteiger partial charge < -0.3 is 29.3 Å². The molecule has 0 saturated heterocycles. The van der Waals surface area contributed by atoms with Crippen LogP contribution in [-0.2, 0) is 15.6 Å². The van der Waals surface area contributed by atoms with Gasteiger partial charge in [0, 0.05) is 35.9 Å². The Bertz CT molecular complexity index is 3010. The lowest BCUT2D eigenvalue weighted by molar-refractivity contribution is 0.0519. The number of hydrogen-bond donors (Lipinski definition) is 3. The maximum Gasteiger partial charge on any atom is 0.358 e. The zero-order valence-electron chi connectivity index (χ0n) is 36.8. The molecule has 0 radical (unpaired) electrons. The Hall–Kier alpha value is -7.86. The van der Waals surface area contributed by atoms with Gasteiger partial charge in [0.05, 0.1) is 18.0 Å². The molecular formula is C52H50N6O6. The second-order valence-electron chi connectivity index (χ2n) is 17.3. The van der Waals surface area contributed by atoms with E-state index < -0.39 is 11.9 Å². The molecule has 0 aliphatic carbocycles. The third-order valence-corrected chi connectivity index (χ3v) is 10.6. The number of aromatic nitrogens is 4. The molecule has 2 amide bonds. The summed E-state index contributed by atoms with van der Waals surface area (Å²) in [6.07, 6.45) is 6.38. The summed E-state index contributed by atoms with van der Waals surface area (Å²) in [6, 6.07) is 38.5. The largest absolute Gasteiger partial charge is 0.476 e. The third-order valence-electron chi connectivity index (χ3n) is 10.6. The molecule has 0 aliphatic rings. The molecule has 8 aromatic rings. The van der Waals surface area contributed by atoms with E-state index >= 15 is 0 Å². The van der Waals surface area contributed by atoms with Gasteiger partial charge in [-0.2, -0.15) is 0 Å². The summed E-state index contributed by atoms with van der Waals surface area (Å²) in [5, 5.41) is 15.0. The van der Waals surface area contributed by atoms with E-state index in [-0.39, 0.29) is 40.6 Å². The summed E-state index contributed by atoms with van der Waals surface area (Å²) in [5.41, 5.74) is 9.80. The Morgan fingerprint density at radius 1 is 0.547 bits per heavy atom. The average molecular weight is 855 g/mol. The first-order valence-corrected chi connectivity index (χ1v) is 20.9. The lowest BCUT2D eigenvalue weighted by atomic mass is 9.86. The first-order valence-electron chi connectivity index (χ1n) is 20.9. The number of nitrogens with zero attached hydrogens (tertiary/aromatic N) is 4. The first kappa shape index (κ1) is 44.2. The zero-order valence-corrected chi connectivity index (χ0v) is 36.8. The van der Waals surface area contributed by atoms with Crippen molar-refractivity contribution in [1.82, 2.24) is 18.8 Å². The molecule has 0 saturated carbocycles. The smallest absolute Gasteiger partial charge is 0.358 e. The number of rotatable bonds is 9. The van der Waals surface area contributed by atoms with Gasteiger partial charge in [-0.15, -0.1) is 0 Å². The van der Waals surface area contributed by atoms with Crippen LogP contribution in [0.4, 0.5) is 11.4 Å². The van der Waals surface area contributed by atoms with Gasteiger partial charge in [-0.05, 0) is 87.5 Å². The zero-order chi connectivity index (χ0) is 45.8. The molecule has 0 aliphatic heterocycles. The maximum absolute atomic E-state index is 13.2. The van der Waals surface area contributed by atoms with Crippen LogP contribution in [0, 0.1) is 0 Å². The number of carboxylic acids is 1. The minimum absolute atomic E-state index is 0.0486. The predicted octanol–water partition coefficient (Wildman–Crippen LogP) is 11.0. The van der Waals surface area contributed by atoms with Crippen LogP contribution in [-0.4, -0.2) is 54.2 Å². The number of carboxylic acid groups (broad SMARTS) is 1. The summed E-state index contributed by atoms with van der Waals surface area (Å²) in [4.78, 5) is 57.6. The van der Waals surface area contributed by atoms with Gasteiger partial charge in [0.1, 0.15) is 11.3 Å². The number of benzene rings is 4. The predicted molar refractivity (Wildman–Crippen MR) is 250 cm³/mol.